The lowest BCUT2D eigenvalue weighted by Crippen LogP contribution is -2.54. The van der Waals surface area contributed by atoms with Gasteiger partial charge < -0.3 is 4.74 Å². The van der Waals surface area contributed by atoms with Crippen molar-refractivity contribution < 1.29 is 37.2 Å². The van der Waals surface area contributed by atoms with Crippen molar-refractivity contribution in [3.8, 4) is 11.5 Å². The standard InChI is InChI=1S/C26H17BrF3N3O6/c1-13-3-6-18(9-14(13)2)32-24(35)19(23(34)31-25(32)36)11-15-10-17(27)5-8-21(15)39-22-7-4-16(26(28,29)30)12-20(22)33(37)38/h3-12H,1-2H3,(H,31,34,36)/b19-11+. The van der Waals surface area contributed by atoms with E-state index in [-0.39, 0.29) is 17.0 Å². The minimum absolute atomic E-state index is 0.0754. The second-order valence-electron chi connectivity index (χ2n) is 8.45. The largest absolute Gasteiger partial charge is 0.449 e. The molecule has 1 N–H and O–H groups in total. The average molecular weight is 604 g/mol. The van der Waals surface area contributed by atoms with Crippen molar-refractivity contribution in [2.24, 2.45) is 0 Å². The molecule has 1 heterocycles. The third-order valence-electron chi connectivity index (χ3n) is 5.82. The number of ether oxygens (including phenoxy) is 1. The Morgan fingerprint density at radius 1 is 0.974 bits per heavy atom. The van der Waals surface area contributed by atoms with Crippen LogP contribution in [0.2, 0.25) is 0 Å². The van der Waals surface area contributed by atoms with Crippen molar-refractivity contribution in [3.63, 3.8) is 0 Å². The number of benzene rings is 3. The van der Waals surface area contributed by atoms with Crippen molar-refractivity contribution in [1.29, 1.82) is 0 Å². The Morgan fingerprint density at radius 3 is 2.31 bits per heavy atom. The number of hydrogen-bond acceptors (Lipinski definition) is 6. The van der Waals surface area contributed by atoms with Crippen molar-refractivity contribution in [2.45, 2.75) is 20.0 Å². The monoisotopic (exact) mass is 603 g/mol. The first-order valence-electron chi connectivity index (χ1n) is 11.1. The van der Waals surface area contributed by atoms with Crippen LogP contribution in [0, 0.1) is 24.0 Å². The molecule has 0 spiro atoms. The molecule has 0 radical (unpaired) electrons. The van der Waals surface area contributed by atoms with E-state index in [1.54, 1.807) is 25.1 Å². The van der Waals surface area contributed by atoms with E-state index in [4.69, 9.17) is 4.74 Å². The fourth-order valence-corrected chi connectivity index (χ4v) is 4.06. The predicted octanol–water partition coefficient (Wildman–Crippen LogP) is 6.45. The Morgan fingerprint density at radius 2 is 1.67 bits per heavy atom. The van der Waals surface area contributed by atoms with E-state index in [0.717, 1.165) is 28.2 Å². The summed E-state index contributed by atoms with van der Waals surface area (Å²) < 4.78 is 45.3. The first-order valence-corrected chi connectivity index (χ1v) is 11.9. The quantitative estimate of drug-likeness (QED) is 0.155. The van der Waals surface area contributed by atoms with E-state index in [2.05, 4.69) is 21.2 Å². The lowest BCUT2D eigenvalue weighted by Gasteiger charge is -2.27. The highest BCUT2D eigenvalue weighted by atomic mass is 79.9. The van der Waals surface area contributed by atoms with Gasteiger partial charge in [-0.3, -0.25) is 25.0 Å². The molecule has 0 aromatic heterocycles. The number of alkyl halides is 3. The van der Waals surface area contributed by atoms with Gasteiger partial charge in [-0.05, 0) is 73.5 Å². The summed E-state index contributed by atoms with van der Waals surface area (Å²) in [6, 6.07) is 9.95. The second kappa shape index (κ2) is 10.3. The zero-order valence-electron chi connectivity index (χ0n) is 20.1. The van der Waals surface area contributed by atoms with Crippen LogP contribution in [0.15, 0.2) is 64.6 Å². The van der Waals surface area contributed by atoms with Crippen LogP contribution in [0.4, 0.5) is 29.3 Å². The van der Waals surface area contributed by atoms with Gasteiger partial charge in [-0.1, -0.05) is 22.0 Å². The number of nitro benzene ring substituents is 1. The van der Waals surface area contributed by atoms with Crippen LogP contribution in [0.5, 0.6) is 11.5 Å². The van der Waals surface area contributed by atoms with Crippen molar-refractivity contribution in [3.05, 3.63) is 97.0 Å². The molecule has 1 aliphatic heterocycles. The number of carbonyl (C=O) groups excluding carboxylic acids is 3. The molecule has 3 aromatic carbocycles. The summed E-state index contributed by atoms with van der Waals surface area (Å²) in [5.74, 6) is -2.53. The number of nitrogens with zero attached hydrogens (tertiary/aromatic N) is 2. The maximum absolute atomic E-state index is 13.3. The van der Waals surface area contributed by atoms with E-state index < -0.39 is 51.5 Å². The number of anilines is 1. The molecule has 1 fully saturated rings. The minimum Gasteiger partial charge on any atom is -0.449 e. The molecule has 4 rings (SSSR count). The molecule has 1 aliphatic rings. The normalized spacial score (nSPS) is 15.0. The van der Waals surface area contributed by atoms with E-state index in [1.807, 2.05) is 6.92 Å². The number of carbonyl (C=O) groups is 3. The number of hydrogen-bond donors (Lipinski definition) is 1. The van der Waals surface area contributed by atoms with Crippen LogP contribution in [0.3, 0.4) is 0 Å². The molecule has 0 bridgehead atoms. The summed E-state index contributed by atoms with van der Waals surface area (Å²) in [6.45, 7) is 3.64. The number of amides is 4. The van der Waals surface area contributed by atoms with Gasteiger partial charge in [0.05, 0.1) is 16.2 Å². The summed E-state index contributed by atoms with van der Waals surface area (Å²) in [7, 11) is 0. The van der Waals surface area contributed by atoms with Gasteiger partial charge in [0.15, 0.2) is 0 Å². The third kappa shape index (κ3) is 5.67. The zero-order chi connectivity index (χ0) is 28.6. The minimum atomic E-state index is -4.81. The van der Waals surface area contributed by atoms with Gasteiger partial charge in [-0.15, -0.1) is 0 Å². The zero-order valence-corrected chi connectivity index (χ0v) is 21.7. The van der Waals surface area contributed by atoms with Crippen LogP contribution in [0.25, 0.3) is 6.08 Å². The van der Waals surface area contributed by atoms with Crippen LogP contribution < -0.4 is 15.0 Å². The Bertz CT molecular complexity index is 1590. The maximum atomic E-state index is 13.3. The number of nitro groups is 1. The number of nitrogens with one attached hydrogen (secondary N) is 1. The second-order valence-corrected chi connectivity index (χ2v) is 9.36. The molecule has 200 valence electrons. The smallest absolute Gasteiger partial charge is 0.416 e. The Hall–Kier alpha value is -4.52. The summed E-state index contributed by atoms with van der Waals surface area (Å²) >= 11 is 3.25. The Labute approximate surface area is 227 Å². The van der Waals surface area contributed by atoms with Gasteiger partial charge >= 0.3 is 17.9 Å². The van der Waals surface area contributed by atoms with Gasteiger partial charge in [-0.2, -0.15) is 13.2 Å². The fraction of sp³-hybridized carbons (Fsp3) is 0.115. The molecule has 39 heavy (non-hydrogen) atoms. The van der Waals surface area contributed by atoms with Crippen LogP contribution in [-0.4, -0.2) is 22.8 Å². The molecule has 13 heteroatoms. The van der Waals surface area contributed by atoms with Gasteiger partial charge in [0.2, 0.25) is 5.75 Å². The number of rotatable bonds is 5. The summed E-state index contributed by atoms with van der Waals surface area (Å²) in [5.41, 5.74) is -0.598. The molecule has 3 aromatic rings. The molecular formula is C26H17BrF3N3O6. The highest BCUT2D eigenvalue weighted by Gasteiger charge is 2.37. The Kier molecular flexibility index (Phi) is 7.29. The predicted molar refractivity (Wildman–Crippen MR) is 137 cm³/mol. The molecule has 0 saturated carbocycles. The van der Waals surface area contributed by atoms with E-state index in [0.29, 0.717) is 16.6 Å². The number of urea groups is 1. The first-order chi connectivity index (χ1) is 18.3. The molecule has 0 atom stereocenters. The average Bonchev–Trinajstić information content (AvgIpc) is 2.84. The lowest BCUT2D eigenvalue weighted by molar-refractivity contribution is -0.385. The highest BCUT2D eigenvalue weighted by Crippen LogP contribution is 2.39. The van der Waals surface area contributed by atoms with Gasteiger partial charge in [0.1, 0.15) is 11.3 Å². The van der Waals surface area contributed by atoms with E-state index >= 15 is 0 Å². The van der Waals surface area contributed by atoms with Crippen LogP contribution in [-0.2, 0) is 15.8 Å². The lowest BCUT2D eigenvalue weighted by atomic mass is 10.0. The van der Waals surface area contributed by atoms with Crippen molar-refractivity contribution in [1.82, 2.24) is 5.32 Å². The highest BCUT2D eigenvalue weighted by molar-refractivity contribution is 9.10. The number of aryl methyl sites for hydroxylation is 2. The molecule has 4 amide bonds. The van der Waals surface area contributed by atoms with E-state index in [9.17, 15) is 37.7 Å². The fourth-order valence-electron chi connectivity index (χ4n) is 3.68. The summed E-state index contributed by atoms with van der Waals surface area (Å²) in [6.07, 6.45) is -3.70. The maximum Gasteiger partial charge on any atom is 0.416 e. The molecule has 0 unspecified atom stereocenters. The molecule has 9 nitrogen and oxygen atoms in total. The van der Waals surface area contributed by atoms with Crippen LogP contribution in [0.1, 0.15) is 22.3 Å². The molecular weight excluding hydrogens is 587 g/mol. The van der Waals surface area contributed by atoms with Crippen LogP contribution >= 0.6 is 15.9 Å². The van der Waals surface area contributed by atoms with Crippen molar-refractivity contribution >= 4 is 51.2 Å². The van der Waals surface area contributed by atoms with E-state index in [1.165, 1.54) is 18.2 Å². The van der Waals surface area contributed by atoms with Gasteiger partial charge in [0.25, 0.3) is 11.8 Å². The SMILES string of the molecule is Cc1ccc(N2C(=O)NC(=O)/C(=C\c3cc(Br)ccc3Oc3ccc(C(F)(F)F)cc3[N+](=O)[O-])C2=O)cc1C. The summed E-state index contributed by atoms with van der Waals surface area (Å²) in [4.78, 5) is 49.7. The number of imide groups is 2. The topological polar surface area (TPSA) is 119 Å². The van der Waals surface area contributed by atoms with Gasteiger partial charge in [0, 0.05) is 16.1 Å². The third-order valence-corrected chi connectivity index (χ3v) is 6.32. The molecule has 1 saturated heterocycles. The van der Waals surface area contributed by atoms with Crippen molar-refractivity contribution in [2.75, 3.05) is 4.90 Å². The number of halogens is 4. The first kappa shape index (κ1) is 27.5. The Balaban J connectivity index is 1.77. The van der Waals surface area contributed by atoms with Gasteiger partial charge in [-0.25, -0.2) is 9.69 Å². The number of barbiturate groups is 1. The summed E-state index contributed by atoms with van der Waals surface area (Å²) in [5, 5.41) is 13.6. The molecule has 0 aliphatic carbocycles.